The predicted molar refractivity (Wildman–Crippen MR) is 85.1 cm³/mol. The molecule has 0 unspecified atom stereocenters. The van der Waals surface area contributed by atoms with E-state index in [2.05, 4.69) is 4.98 Å². The van der Waals surface area contributed by atoms with E-state index < -0.39 is 5.97 Å². The van der Waals surface area contributed by atoms with Gasteiger partial charge in [-0.05, 0) is 30.7 Å². The van der Waals surface area contributed by atoms with E-state index in [9.17, 15) is 9.90 Å². The lowest BCUT2D eigenvalue weighted by molar-refractivity contribution is 0.0701. The number of nitrogens with zero attached hydrogens (tertiary/aromatic N) is 2. The third-order valence-corrected chi connectivity index (χ3v) is 4.38. The van der Waals surface area contributed by atoms with Crippen molar-refractivity contribution in [2.24, 2.45) is 0 Å². The Balaban J connectivity index is 2.09. The number of aryl methyl sites for hydroxylation is 1. The number of carboxylic acid groups (broad SMARTS) is 1. The highest BCUT2D eigenvalue weighted by molar-refractivity contribution is 7.19. The van der Waals surface area contributed by atoms with E-state index in [1.807, 2.05) is 29.5 Å². The molecule has 0 bridgehead atoms. The van der Waals surface area contributed by atoms with Crippen molar-refractivity contribution in [2.75, 3.05) is 0 Å². The van der Waals surface area contributed by atoms with Gasteiger partial charge in [-0.1, -0.05) is 41.1 Å². The van der Waals surface area contributed by atoms with Crippen molar-refractivity contribution in [1.82, 2.24) is 9.38 Å². The molecule has 0 spiro atoms. The van der Waals surface area contributed by atoms with Gasteiger partial charge in [-0.25, -0.2) is 9.78 Å². The van der Waals surface area contributed by atoms with Crippen LogP contribution in [0.15, 0.2) is 30.5 Å². The summed E-state index contributed by atoms with van der Waals surface area (Å²) < 4.78 is 1.85. The predicted octanol–water partition coefficient (Wildman–Crippen LogP) is 4.23. The van der Waals surface area contributed by atoms with Crippen LogP contribution >= 0.6 is 22.9 Å². The first-order valence-corrected chi connectivity index (χ1v) is 7.39. The van der Waals surface area contributed by atoms with Gasteiger partial charge in [0, 0.05) is 16.9 Å². The van der Waals surface area contributed by atoms with Crippen molar-refractivity contribution in [3.63, 3.8) is 0 Å². The molecule has 1 aromatic carbocycles. The van der Waals surface area contributed by atoms with E-state index >= 15 is 0 Å². The molecule has 0 saturated heterocycles. The van der Waals surface area contributed by atoms with Crippen LogP contribution in [-0.2, 0) is 0 Å². The molecule has 0 fully saturated rings. The minimum atomic E-state index is -0.944. The van der Waals surface area contributed by atoms with Crippen molar-refractivity contribution in [1.29, 1.82) is 0 Å². The molecule has 106 valence electrons. The average Bonchev–Trinajstić information content (AvgIpc) is 2.99. The van der Waals surface area contributed by atoms with Gasteiger partial charge in [0.1, 0.15) is 4.88 Å². The molecule has 0 atom stereocenters. The number of aromatic nitrogens is 2. The number of fused-ring (bicyclic) bond motifs is 1. The maximum atomic E-state index is 11.4. The van der Waals surface area contributed by atoms with Crippen molar-refractivity contribution in [2.45, 2.75) is 6.92 Å². The molecule has 1 N–H and O–H groups in total. The van der Waals surface area contributed by atoms with E-state index in [4.69, 9.17) is 11.6 Å². The molecule has 6 heteroatoms. The molecule has 3 rings (SSSR count). The first-order chi connectivity index (χ1) is 10.1. The molecule has 0 radical (unpaired) electrons. The number of hydrogen-bond donors (Lipinski definition) is 1. The number of carboxylic acids is 1. The molecule has 0 aliphatic carbocycles. The van der Waals surface area contributed by atoms with Crippen LogP contribution in [0.5, 0.6) is 0 Å². The lowest BCUT2D eigenvalue weighted by Gasteiger charge is -1.98. The van der Waals surface area contributed by atoms with Gasteiger partial charge in [-0.3, -0.25) is 4.40 Å². The molecule has 4 nitrogen and oxygen atoms in total. The Labute approximate surface area is 129 Å². The maximum Gasteiger partial charge on any atom is 0.348 e. The number of benzene rings is 1. The van der Waals surface area contributed by atoms with Gasteiger partial charge in [0.25, 0.3) is 0 Å². The summed E-state index contributed by atoms with van der Waals surface area (Å²) in [6.07, 6.45) is 5.39. The highest BCUT2D eigenvalue weighted by atomic mass is 35.5. The van der Waals surface area contributed by atoms with Crippen LogP contribution in [-0.4, -0.2) is 20.5 Å². The Kier molecular flexibility index (Phi) is 3.53. The van der Waals surface area contributed by atoms with Crippen LogP contribution in [0, 0.1) is 6.92 Å². The Morgan fingerprint density at radius 1 is 1.33 bits per heavy atom. The minimum Gasteiger partial charge on any atom is -0.477 e. The number of rotatable bonds is 3. The number of halogens is 1. The van der Waals surface area contributed by atoms with Gasteiger partial charge < -0.3 is 5.11 Å². The van der Waals surface area contributed by atoms with Crippen LogP contribution < -0.4 is 0 Å². The fourth-order valence-electron chi connectivity index (χ4n) is 2.08. The molecule has 0 amide bonds. The van der Waals surface area contributed by atoms with E-state index in [0.29, 0.717) is 15.7 Å². The summed E-state index contributed by atoms with van der Waals surface area (Å²) in [6.45, 7) is 1.90. The fraction of sp³-hybridized carbons (Fsp3) is 0.0667. The van der Waals surface area contributed by atoms with Gasteiger partial charge in [0.05, 0.1) is 5.69 Å². The van der Waals surface area contributed by atoms with Crippen molar-refractivity contribution < 1.29 is 9.90 Å². The summed E-state index contributed by atoms with van der Waals surface area (Å²) >= 11 is 7.02. The standard InChI is InChI=1S/C15H11ClN2O2S/c1-9-8-17-15-18(9)12(13(21-15)14(19)20)7-4-10-2-5-11(16)6-3-10/h2-8H,1H3,(H,19,20)/b7-4+. The summed E-state index contributed by atoms with van der Waals surface area (Å²) in [5, 5.41) is 10.00. The van der Waals surface area contributed by atoms with Crippen molar-refractivity contribution in [3.05, 3.63) is 57.3 Å². The second-order valence-corrected chi connectivity index (χ2v) is 5.94. The lowest BCUT2D eigenvalue weighted by atomic mass is 10.2. The Morgan fingerprint density at radius 2 is 2.05 bits per heavy atom. The van der Waals surface area contributed by atoms with Crippen molar-refractivity contribution >= 4 is 46.0 Å². The van der Waals surface area contributed by atoms with Gasteiger partial charge in [-0.15, -0.1) is 0 Å². The summed E-state index contributed by atoms with van der Waals surface area (Å²) in [5.74, 6) is -0.944. The molecule has 2 heterocycles. The Hall–Kier alpha value is -2.11. The number of carbonyl (C=O) groups is 1. The van der Waals surface area contributed by atoms with Gasteiger partial charge in [0.15, 0.2) is 4.96 Å². The zero-order valence-electron chi connectivity index (χ0n) is 11.1. The molecule has 2 aromatic heterocycles. The number of thiazole rings is 1. The molecular formula is C15H11ClN2O2S. The zero-order chi connectivity index (χ0) is 15.0. The van der Waals surface area contributed by atoms with Crippen LogP contribution in [0.3, 0.4) is 0 Å². The quantitative estimate of drug-likeness (QED) is 0.786. The van der Waals surface area contributed by atoms with E-state index in [1.165, 1.54) is 11.3 Å². The van der Waals surface area contributed by atoms with Gasteiger partial charge >= 0.3 is 5.97 Å². The summed E-state index contributed by atoms with van der Waals surface area (Å²) in [4.78, 5) is 16.6. The van der Waals surface area contributed by atoms with E-state index in [-0.39, 0.29) is 4.88 Å². The molecule has 3 aromatic rings. The van der Waals surface area contributed by atoms with Crippen LogP contribution in [0.25, 0.3) is 17.1 Å². The lowest BCUT2D eigenvalue weighted by Crippen LogP contribution is -1.98. The summed E-state index contributed by atoms with van der Waals surface area (Å²) in [5.41, 5.74) is 2.49. The first-order valence-electron chi connectivity index (χ1n) is 6.20. The molecule has 21 heavy (non-hydrogen) atoms. The summed E-state index contributed by atoms with van der Waals surface area (Å²) in [7, 11) is 0. The number of aromatic carboxylic acids is 1. The minimum absolute atomic E-state index is 0.284. The highest BCUT2D eigenvalue weighted by Crippen LogP contribution is 2.26. The normalized spacial score (nSPS) is 11.5. The monoisotopic (exact) mass is 318 g/mol. The van der Waals surface area contributed by atoms with Gasteiger partial charge in [0.2, 0.25) is 0 Å². The van der Waals surface area contributed by atoms with Crippen LogP contribution in [0.1, 0.15) is 26.6 Å². The van der Waals surface area contributed by atoms with Crippen LogP contribution in [0.4, 0.5) is 0 Å². The Morgan fingerprint density at radius 3 is 2.71 bits per heavy atom. The second kappa shape index (κ2) is 5.35. The van der Waals surface area contributed by atoms with Crippen LogP contribution in [0.2, 0.25) is 5.02 Å². The highest BCUT2D eigenvalue weighted by Gasteiger charge is 2.17. The third kappa shape index (κ3) is 2.57. The smallest absolute Gasteiger partial charge is 0.348 e. The van der Waals surface area contributed by atoms with Gasteiger partial charge in [-0.2, -0.15) is 0 Å². The number of hydrogen-bond acceptors (Lipinski definition) is 3. The zero-order valence-corrected chi connectivity index (χ0v) is 12.6. The van der Waals surface area contributed by atoms with E-state index in [0.717, 1.165) is 11.3 Å². The Bertz CT molecular complexity index is 847. The number of imidazole rings is 1. The molecule has 0 aliphatic rings. The first kappa shape index (κ1) is 13.9. The maximum absolute atomic E-state index is 11.4. The van der Waals surface area contributed by atoms with E-state index in [1.54, 1.807) is 24.4 Å². The average molecular weight is 319 g/mol. The molecule has 0 aliphatic heterocycles. The summed E-state index contributed by atoms with van der Waals surface area (Å²) in [6, 6.07) is 7.35. The topological polar surface area (TPSA) is 54.6 Å². The third-order valence-electron chi connectivity index (χ3n) is 3.07. The SMILES string of the molecule is Cc1cnc2sc(C(=O)O)c(/C=C/c3ccc(Cl)cc3)n12. The molecule has 0 saturated carbocycles. The van der Waals surface area contributed by atoms with Crippen molar-refractivity contribution in [3.8, 4) is 0 Å². The second-order valence-electron chi connectivity index (χ2n) is 4.52. The fourth-order valence-corrected chi connectivity index (χ4v) is 3.18. The largest absolute Gasteiger partial charge is 0.477 e. The molecular weight excluding hydrogens is 308 g/mol.